The van der Waals surface area contributed by atoms with Gasteiger partial charge >= 0.3 is 0 Å². The van der Waals surface area contributed by atoms with Crippen LogP contribution >= 0.6 is 24.0 Å². The highest BCUT2D eigenvalue weighted by Crippen LogP contribution is 2.37. The summed E-state index contributed by atoms with van der Waals surface area (Å²) in [5.74, 6) is -0.0461. The minimum atomic E-state index is -0.0755. The van der Waals surface area contributed by atoms with Crippen molar-refractivity contribution in [3.8, 4) is 0 Å². The SMILES string of the molecule is C[C@@H](c1ccccc1)N1C(=O)/C(=C\c2cnn(C)c2)SC1=S. The molecule has 6 heteroatoms. The van der Waals surface area contributed by atoms with Crippen LogP contribution < -0.4 is 0 Å². The predicted molar refractivity (Wildman–Crippen MR) is 93.1 cm³/mol. The second-order valence-corrected chi connectivity index (χ2v) is 6.76. The summed E-state index contributed by atoms with van der Waals surface area (Å²) in [6.45, 7) is 1.99. The molecule has 0 spiro atoms. The maximum atomic E-state index is 12.7. The van der Waals surface area contributed by atoms with Gasteiger partial charge in [-0.2, -0.15) is 5.10 Å². The second kappa shape index (κ2) is 6.06. The average Bonchev–Trinajstić information content (AvgIpc) is 3.03. The Morgan fingerprint density at radius 3 is 2.68 bits per heavy atom. The summed E-state index contributed by atoms with van der Waals surface area (Å²) in [6.07, 6.45) is 5.43. The minimum absolute atomic E-state index is 0.0461. The van der Waals surface area contributed by atoms with Crippen molar-refractivity contribution in [1.29, 1.82) is 0 Å². The van der Waals surface area contributed by atoms with E-state index in [-0.39, 0.29) is 11.9 Å². The first-order valence-electron chi connectivity index (χ1n) is 6.87. The number of thiocarbonyl (C=S) groups is 1. The summed E-state index contributed by atoms with van der Waals surface area (Å²) in [5.41, 5.74) is 1.97. The number of carbonyl (C=O) groups is 1. The molecule has 1 aromatic carbocycles. The summed E-state index contributed by atoms with van der Waals surface area (Å²) in [5, 5.41) is 4.11. The zero-order chi connectivity index (χ0) is 15.7. The van der Waals surface area contributed by atoms with E-state index < -0.39 is 0 Å². The molecule has 1 fully saturated rings. The van der Waals surface area contributed by atoms with Crippen LogP contribution in [0.2, 0.25) is 0 Å². The van der Waals surface area contributed by atoms with E-state index in [2.05, 4.69) is 5.10 Å². The summed E-state index contributed by atoms with van der Waals surface area (Å²) >= 11 is 6.74. The second-order valence-electron chi connectivity index (χ2n) is 5.09. The molecule has 2 heterocycles. The van der Waals surface area contributed by atoms with Gasteiger partial charge < -0.3 is 0 Å². The van der Waals surface area contributed by atoms with Gasteiger partial charge in [0.1, 0.15) is 4.32 Å². The van der Waals surface area contributed by atoms with Crippen molar-refractivity contribution >= 4 is 40.3 Å². The van der Waals surface area contributed by atoms with Crippen molar-refractivity contribution < 1.29 is 4.79 Å². The Morgan fingerprint density at radius 1 is 1.32 bits per heavy atom. The lowest BCUT2D eigenvalue weighted by atomic mass is 10.1. The van der Waals surface area contributed by atoms with E-state index in [1.165, 1.54) is 11.8 Å². The van der Waals surface area contributed by atoms with Gasteiger partial charge in [0.2, 0.25) is 0 Å². The predicted octanol–water partition coefficient (Wildman–Crippen LogP) is 3.38. The van der Waals surface area contributed by atoms with E-state index in [1.807, 2.05) is 56.6 Å². The summed E-state index contributed by atoms with van der Waals surface area (Å²) in [7, 11) is 1.85. The molecule has 22 heavy (non-hydrogen) atoms. The third kappa shape index (κ3) is 2.84. The Balaban J connectivity index is 1.87. The third-order valence-corrected chi connectivity index (χ3v) is 4.85. The van der Waals surface area contributed by atoms with Crippen LogP contribution in [0.15, 0.2) is 47.6 Å². The molecule has 4 nitrogen and oxygen atoms in total. The number of aryl methyl sites for hydroxylation is 1. The zero-order valence-electron chi connectivity index (χ0n) is 12.3. The molecule has 1 amide bonds. The number of carbonyl (C=O) groups excluding carboxylic acids is 1. The summed E-state index contributed by atoms with van der Waals surface area (Å²) < 4.78 is 2.30. The van der Waals surface area contributed by atoms with Crippen molar-refractivity contribution in [3.63, 3.8) is 0 Å². The van der Waals surface area contributed by atoms with E-state index in [0.717, 1.165) is 11.1 Å². The van der Waals surface area contributed by atoms with Crippen LogP contribution in [0.25, 0.3) is 6.08 Å². The van der Waals surface area contributed by atoms with Gasteiger partial charge in [-0.25, -0.2) is 0 Å². The zero-order valence-corrected chi connectivity index (χ0v) is 13.9. The molecular weight excluding hydrogens is 314 g/mol. The number of thioether (sulfide) groups is 1. The largest absolute Gasteiger partial charge is 0.286 e. The maximum Gasteiger partial charge on any atom is 0.266 e. The molecule has 0 bridgehead atoms. The Labute approximate surface area is 138 Å². The first kappa shape index (κ1) is 15.0. The highest BCUT2D eigenvalue weighted by molar-refractivity contribution is 8.26. The molecular formula is C16H15N3OS2. The van der Waals surface area contributed by atoms with Gasteiger partial charge in [-0.05, 0) is 18.6 Å². The lowest BCUT2D eigenvalue weighted by molar-refractivity contribution is -0.123. The molecule has 3 rings (SSSR count). The van der Waals surface area contributed by atoms with Crippen LogP contribution in [0.4, 0.5) is 0 Å². The lowest BCUT2D eigenvalue weighted by Crippen LogP contribution is -2.30. The van der Waals surface area contributed by atoms with Crippen molar-refractivity contribution in [1.82, 2.24) is 14.7 Å². The molecule has 2 aromatic rings. The van der Waals surface area contributed by atoms with Gasteiger partial charge in [0.05, 0.1) is 17.1 Å². The van der Waals surface area contributed by atoms with E-state index in [0.29, 0.717) is 9.23 Å². The molecule has 1 aliphatic rings. The van der Waals surface area contributed by atoms with E-state index in [4.69, 9.17) is 12.2 Å². The topological polar surface area (TPSA) is 38.1 Å². The number of amides is 1. The Kier molecular flexibility index (Phi) is 4.13. The minimum Gasteiger partial charge on any atom is -0.286 e. The average molecular weight is 329 g/mol. The molecule has 112 valence electrons. The molecule has 1 atom stereocenters. The smallest absolute Gasteiger partial charge is 0.266 e. The van der Waals surface area contributed by atoms with Gasteiger partial charge in [-0.1, -0.05) is 54.3 Å². The third-order valence-electron chi connectivity index (χ3n) is 3.52. The molecule has 0 unspecified atom stereocenters. The van der Waals surface area contributed by atoms with Crippen molar-refractivity contribution in [3.05, 3.63) is 58.8 Å². The molecule has 1 saturated heterocycles. The summed E-state index contributed by atoms with van der Waals surface area (Å²) in [6, 6.07) is 9.84. The highest BCUT2D eigenvalue weighted by Gasteiger charge is 2.35. The van der Waals surface area contributed by atoms with Crippen LogP contribution in [-0.2, 0) is 11.8 Å². The van der Waals surface area contributed by atoms with Crippen molar-refractivity contribution in [2.75, 3.05) is 0 Å². The van der Waals surface area contributed by atoms with Crippen LogP contribution in [0, 0.1) is 0 Å². The first-order chi connectivity index (χ1) is 10.6. The molecule has 0 saturated carbocycles. The van der Waals surface area contributed by atoms with Gasteiger partial charge in [0.25, 0.3) is 5.91 Å². The van der Waals surface area contributed by atoms with Gasteiger partial charge in [-0.15, -0.1) is 0 Å². The van der Waals surface area contributed by atoms with Gasteiger partial charge in [0.15, 0.2) is 0 Å². The fourth-order valence-corrected chi connectivity index (χ4v) is 3.78. The number of nitrogens with zero attached hydrogens (tertiary/aromatic N) is 3. The van der Waals surface area contributed by atoms with Gasteiger partial charge in [-0.3, -0.25) is 14.4 Å². The Bertz CT molecular complexity index is 752. The fraction of sp³-hybridized carbons (Fsp3) is 0.188. The number of benzene rings is 1. The highest BCUT2D eigenvalue weighted by atomic mass is 32.2. The quantitative estimate of drug-likeness (QED) is 0.639. The number of hydrogen-bond acceptors (Lipinski definition) is 4. The Hall–Kier alpha value is -1.92. The molecule has 1 aromatic heterocycles. The van der Waals surface area contributed by atoms with Crippen molar-refractivity contribution in [2.24, 2.45) is 7.05 Å². The van der Waals surface area contributed by atoms with Gasteiger partial charge in [0, 0.05) is 18.8 Å². The van der Waals surface area contributed by atoms with E-state index >= 15 is 0 Å². The van der Waals surface area contributed by atoms with Crippen LogP contribution in [0.3, 0.4) is 0 Å². The molecule has 0 aliphatic carbocycles. The number of aromatic nitrogens is 2. The van der Waals surface area contributed by atoms with E-state index in [9.17, 15) is 4.79 Å². The normalized spacial score (nSPS) is 18.3. The Morgan fingerprint density at radius 2 is 2.05 bits per heavy atom. The maximum absolute atomic E-state index is 12.7. The van der Waals surface area contributed by atoms with E-state index in [1.54, 1.807) is 15.8 Å². The van der Waals surface area contributed by atoms with Crippen LogP contribution in [0.5, 0.6) is 0 Å². The summed E-state index contributed by atoms with van der Waals surface area (Å²) in [4.78, 5) is 15.0. The monoisotopic (exact) mass is 329 g/mol. The van der Waals surface area contributed by atoms with Crippen LogP contribution in [-0.4, -0.2) is 24.9 Å². The number of rotatable bonds is 3. The molecule has 0 N–H and O–H groups in total. The number of hydrogen-bond donors (Lipinski definition) is 0. The lowest BCUT2D eigenvalue weighted by Gasteiger charge is -2.23. The fourth-order valence-electron chi connectivity index (χ4n) is 2.36. The first-order valence-corrected chi connectivity index (χ1v) is 8.09. The van der Waals surface area contributed by atoms with Crippen molar-refractivity contribution in [2.45, 2.75) is 13.0 Å². The molecule has 1 aliphatic heterocycles. The van der Waals surface area contributed by atoms with Crippen LogP contribution in [0.1, 0.15) is 24.1 Å². The standard InChI is InChI=1S/C16H15N3OS2/c1-11(13-6-4-3-5-7-13)19-15(20)14(22-16(19)21)8-12-9-17-18(2)10-12/h3-11H,1-2H3/b14-8+/t11-/m0/s1. The molecule has 0 radical (unpaired) electrons.